The van der Waals surface area contributed by atoms with Gasteiger partial charge in [-0.25, -0.2) is 14.1 Å². The first kappa shape index (κ1) is 12.8. The summed E-state index contributed by atoms with van der Waals surface area (Å²) in [5.41, 5.74) is 1.45. The highest BCUT2D eigenvalue weighted by atomic mass is 35.5. The number of aryl methyl sites for hydroxylation is 1. The first-order valence-electron chi connectivity index (χ1n) is 5.98. The Morgan fingerprint density at radius 1 is 1.35 bits per heavy atom. The molecule has 1 aromatic carbocycles. The van der Waals surface area contributed by atoms with Crippen LogP contribution in [-0.4, -0.2) is 24.5 Å². The third-order valence-electron chi connectivity index (χ3n) is 2.96. The molecule has 2 aromatic heterocycles. The summed E-state index contributed by atoms with van der Waals surface area (Å²) in [6.45, 7) is 2.50. The summed E-state index contributed by atoms with van der Waals surface area (Å²) in [5.74, 6) is 0.453. The van der Waals surface area contributed by atoms with Gasteiger partial charge in [0.2, 0.25) is 0 Å². The third kappa shape index (κ3) is 2.42. The molecule has 0 saturated heterocycles. The molecule has 0 aliphatic heterocycles. The molecule has 102 valence electrons. The Kier molecular flexibility index (Phi) is 3.23. The van der Waals surface area contributed by atoms with E-state index in [0.29, 0.717) is 12.2 Å². The number of rotatable bonds is 3. The van der Waals surface area contributed by atoms with E-state index in [1.807, 2.05) is 17.7 Å². The Bertz CT molecular complexity index is 749. The summed E-state index contributed by atoms with van der Waals surface area (Å²) in [6.07, 6.45) is 5.39. The lowest BCUT2D eigenvalue weighted by Gasteiger charge is -2.02. The third-order valence-corrected chi connectivity index (χ3v) is 3.25. The molecule has 7 heteroatoms. The average molecular weight is 292 g/mol. The van der Waals surface area contributed by atoms with Crippen molar-refractivity contribution in [3.05, 3.63) is 59.1 Å². The van der Waals surface area contributed by atoms with Gasteiger partial charge in [-0.05, 0) is 25.1 Å². The highest BCUT2D eigenvalue weighted by Gasteiger charge is 2.07. The minimum absolute atomic E-state index is 0.0602. The first-order chi connectivity index (χ1) is 9.63. The molecule has 0 amide bonds. The Labute approximate surface area is 119 Å². The molecule has 0 spiro atoms. The molecule has 0 aliphatic rings. The van der Waals surface area contributed by atoms with Crippen molar-refractivity contribution in [2.45, 2.75) is 13.5 Å². The average Bonchev–Trinajstić information content (AvgIpc) is 3.04. The smallest absolute Gasteiger partial charge is 0.141 e. The number of nitrogens with zero attached hydrogens (tertiary/aromatic N) is 5. The van der Waals surface area contributed by atoms with Crippen LogP contribution >= 0.6 is 11.6 Å². The zero-order valence-corrected chi connectivity index (χ0v) is 11.4. The number of benzene rings is 1. The Balaban J connectivity index is 1.86. The van der Waals surface area contributed by atoms with E-state index in [9.17, 15) is 4.39 Å². The maximum Gasteiger partial charge on any atom is 0.141 e. The Hall–Kier alpha value is -2.21. The van der Waals surface area contributed by atoms with Gasteiger partial charge in [0.15, 0.2) is 0 Å². The van der Waals surface area contributed by atoms with Gasteiger partial charge >= 0.3 is 0 Å². The van der Waals surface area contributed by atoms with Crippen molar-refractivity contribution >= 4 is 11.6 Å². The summed E-state index contributed by atoms with van der Waals surface area (Å²) in [4.78, 5) is 4.15. The number of imidazole rings is 1. The molecule has 0 radical (unpaired) electrons. The highest BCUT2D eigenvalue weighted by molar-refractivity contribution is 6.30. The van der Waals surface area contributed by atoms with Crippen LogP contribution in [0.1, 0.15) is 11.5 Å². The standard InChI is InChI=1S/C13H11ClFN5/c1-9-16-4-5-19(9)7-10-8-20(18-17-10)11-2-3-13(15)12(14)6-11/h2-6,8H,7H2,1H3. The van der Waals surface area contributed by atoms with Crippen molar-refractivity contribution in [2.75, 3.05) is 0 Å². The lowest BCUT2D eigenvalue weighted by atomic mass is 10.3. The second-order valence-corrected chi connectivity index (χ2v) is 4.76. The molecule has 0 N–H and O–H groups in total. The topological polar surface area (TPSA) is 48.5 Å². The van der Waals surface area contributed by atoms with E-state index >= 15 is 0 Å². The first-order valence-corrected chi connectivity index (χ1v) is 6.35. The van der Waals surface area contributed by atoms with Crippen LogP contribution in [0.5, 0.6) is 0 Å². The maximum absolute atomic E-state index is 13.1. The van der Waals surface area contributed by atoms with Crippen molar-refractivity contribution in [1.29, 1.82) is 0 Å². The molecule has 0 atom stereocenters. The van der Waals surface area contributed by atoms with Gasteiger partial charge < -0.3 is 4.57 Å². The van der Waals surface area contributed by atoms with E-state index in [0.717, 1.165) is 11.5 Å². The molecule has 0 fully saturated rings. The van der Waals surface area contributed by atoms with Crippen LogP contribution in [0.2, 0.25) is 5.02 Å². The van der Waals surface area contributed by atoms with Gasteiger partial charge in [-0.15, -0.1) is 5.10 Å². The van der Waals surface area contributed by atoms with Gasteiger partial charge in [0.25, 0.3) is 0 Å². The SMILES string of the molecule is Cc1nccn1Cc1cn(-c2ccc(F)c(Cl)c2)nn1. The molecule has 5 nitrogen and oxygen atoms in total. The number of aromatic nitrogens is 5. The van der Waals surface area contributed by atoms with Gasteiger partial charge in [-0.3, -0.25) is 0 Å². The molecule has 0 unspecified atom stereocenters. The molecule has 20 heavy (non-hydrogen) atoms. The molecular formula is C13H11ClFN5. The summed E-state index contributed by atoms with van der Waals surface area (Å²) >= 11 is 5.76. The lowest BCUT2D eigenvalue weighted by molar-refractivity contribution is 0.627. The van der Waals surface area contributed by atoms with Gasteiger partial charge in [0, 0.05) is 12.4 Å². The molecule has 3 rings (SSSR count). The molecular weight excluding hydrogens is 281 g/mol. The maximum atomic E-state index is 13.1. The largest absolute Gasteiger partial charge is 0.329 e. The van der Waals surface area contributed by atoms with Crippen LogP contribution in [0.25, 0.3) is 5.69 Å². The van der Waals surface area contributed by atoms with Crippen LogP contribution in [-0.2, 0) is 6.54 Å². The highest BCUT2D eigenvalue weighted by Crippen LogP contribution is 2.18. The second-order valence-electron chi connectivity index (χ2n) is 4.36. The molecule has 0 bridgehead atoms. The van der Waals surface area contributed by atoms with Crippen molar-refractivity contribution in [3.63, 3.8) is 0 Å². The monoisotopic (exact) mass is 291 g/mol. The summed E-state index contributed by atoms with van der Waals surface area (Å²) in [5, 5.41) is 8.17. The predicted molar refractivity (Wildman–Crippen MR) is 72.4 cm³/mol. The van der Waals surface area contributed by atoms with E-state index in [4.69, 9.17) is 11.6 Å². The van der Waals surface area contributed by atoms with Crippen LogP contribution < -0.4 is 0 Å². The van der Waals surface area contributed by atoms with Gasteiger partial charge in [-0.2, -0.15) is 0 Å². The summed E-state index contributed by atoms with van der Waals surface area (Å²) in [7, 11) is 0. The fourth-order valence-electron chi connectivity index (χ4n) is 1.87. The van der Waals surface area contributed by atoms with E-state index in [2.05, 4.69) is 15.3 Å². The van der Waals surface area contributed by atoms with Crippen LogP contribution in [0.3, 0.4) is 0 Å². The fourth-order valence-corrected chi connectivity index (χ4v) is 2.04. The van der Waals surface area contributed by atoms with Crippen molar-refractivity contribution in [3.8, 4) is 5.69 Å². The molecule has 0 aliphatic carbocycles. The lowest BCUT2D eigenvalue weighted by Crippen LogP contribution is -2.00. The molecule has 2 heterocycles. The van der Waals surface area contributed by atoms with E-state index in [1.54, 1.807) is 23.1 Å². The van der Waals surface area contributed by atoms with E-state index in [-0.39, 0.29) is 5.02 Å². The van der Waals surface area contributed by atoms with Gasteiger partial charge in [0.1, 0.15) is 17.3 Å². The van der Waals surface area contributed by atoms with Crippen LogP contribution in [0.4, 0.5) is 4.39 Å². The number of hydrogen-bond donors (Lipinski definition) is 0. The van der Waals surface area contributed by atoms with E-state index < -0.39 is 5.82 Å². The van der Waals surface area contributed by atoms with Crippen molar-refractivity contribution in [1.82, 2.24) is 24.5 Å². The summed E-state index contributed by atoms with van der Waals surface area (Å²) < 4.78 is 16.7. The zero-order valence-electron chi connectivity index (χ0n) is 10.7. The molecule has 3 aromatic rings. The Morgan fingerprint density at radius 2 is 2.20 bits per heavy atom. The van der Waals surface area contributed by atoms with Crippen LogP contribution in [0, 0.1) is 12.7 Å². The van der Waals surface area contributed by atoms with E-state index in [1.165, 1.54) is 12.1 Å². The molecule has 0 saturated carbocycles. The second kappa shape index (κ2) is 5.05. The number of halogens is 2. The minimum atomic E-state index is -0.454. The summed E-state index contributed by atoms with van der Waals surface area (Å²) in [6, 6.07) is 4.42. The van der Waals surface area contributed by atoms with Gasteiger partial charge in [0.05, 0.1) is 23.5 Å². The zero-order chi connectivity index (χ0) is 14.1. The fraction of sp³-hybridized carbons (Fsp3) is 0.154. The Morgan fingerprint density at radius 3 is 2.90 bits per heavy atom. The van der Waals surface area contributed by atoms with Crippen LogP contribution in [0.15, 0.2) is 36.8 Å². The van der Waals surface area contributed by atoms with Gasteiger partial charge in [-0.1, -0.05) is 16.8 Å². The number of hydrogen-bond acceptors (Lipinski definition) is 3. The normalized spacial score (nSPS) is 10.9. The van der Waals surface area contributed by atoms with Crippen molar-refractivity contribution < 1.29 is 4.39 Å². The predicted octanol–water partition coefficient (Wildman–Crippen LogP) is 2.61. The van der Waals surface area contributed by atoms with Crippen molar-refractivity contribution in [2.24, 2.45) is 0 Å². The minimum Gasteiger partial charge on any atom is -0.329 e. The quantitative estimate of drug-likeness (QED) is 0.745.